The summed E-state index contributed by atoms with van der Waals surface area (Å²) in [5, 5.41) is -7.70. The Morgan fingerprint density at radius 1 is 0.744 bits per heavy atom. The number of nitrogens with one attached hydrogen (secondary N) is 1. The summed E-state index contributed by atoms with van der Waals surface area (Å²) in [7, 11) is 65.0. The van der Waals surface area contributed by atoms with E-state index < -0.39 is 32.5 Å². The SMILES string of the molecule is [B]C([B])([B])OC([B])([B])C([B])([B])Oc1cc2c(Nc3cccc(C#C)c3)ncnc2cc1OC([B])([B])C(C)(C)OC([B])([B])C. The van der Waals surface area contributed by atoms with Gasteiger partial charge in [0.1, 0.15) is 59.2 Å². The third-order valence-electron chi connectivity index (χ3n) is 5.92. The number of fused-ring (bicyclic) bond motifs is 1. The zero-order valence-corrected chi connectivity index (χ0v) is 24.0. The average molecular weight is 543 g/mol. The first-order valence-electron chi connectivity index (χ1n) is 12.5. The molecule has 0 saturated carbocycles. The van der Waals surface area contributed by atoms with E-state index in [1.165, 1.54) is 39.2 Å². The fraction of sp³-hybridized carbons (Fsp3) is 0.360. The van der Waals surface area contributed by atoms with Gasteiger partial charge in [-0.25, -0.2) is 9.97 Å². The molecule has 0 unspecified atom stereocenters. The number of ether oxygens (including phenoxy) is 4. The second kappa shape index (κ2) is 12.0. The maximum atomic E-state index is 6.36. The first-order chi connectivity index (χ1) is 19.5. The standard InChI is InChI=1S/C25H18B11N3O4/c1-5-13-7-6-8-14(9-13)39-19-15-10-17(41-23(30,31)24(32,33)43-25(34,35)36)18(11-16(15)37-12-38-19)40-22(28,29)20(2,3)42-21(4,26)27/h1,6-12H,2-4H3,(H,37,38,39). The van der Waals surface area contributed by atoms with E-state index in [0.717, 1.165) is 0 Å². The van der Waals surface area contributed by atoms with Crippen LogP contribution in [0.25, 0.3) is 10.9 Å². The van der Waals surface area contributed by atoms with E-state index in [1.807, 2.05) is 0 Å². The third kappa shape index (κ3) is 8.73. The van der Waals surface area contributed by atoms with Crippen molar-refractivity contribution in [1.82, 2.24) is 9.97 Å². The van der Waals surface area contributed by atoms with Crippen LogP contribution in [-0.4, -0.2) is 129 Å². The van der Waals surface area contributed by atoms with Crippen LogP contribution in [0.2, 0.25) is 0 Å². The van der Waals surface area contributed by atoms with Crippen LogP contribution in [0.1, 0.15) is 26.3 Å². The van der Waals surface area contributed by atoms with Crippen LogP contribution in [0, 0.1) is 12.3 Å². The van der Waals surface area contributed by atoms with E-state index in [-0.39, 0.29) is 11.5 Å². The van der Waals surface area contributed by atoms with Crippen molar-refractivity contribution >= 4 is 109 Å². The van der Waals surface area contributed by atoms with Crippen molar-refractivity contribution in [1.29, 1.82) is 0 Å². The smallest absolute Gasteiger partial charge is 0.161 e. The molecule has 190 valence electrons. The van der Waals surface area contributed by atoms with E-state index in [9.17, 15) is 0 Å². The molecular formula is C25H18B11N3O4. The number of terminal acetylenes is 1. The second-order valence-electron chi connectivity index (χ2n) is 10.7. The van der Waals surface area contributed by atoms with Gasteiger partial charge in [-0.05, 0) is 48.8 Å². The monoisotopic (exact) mass is 545 g/mol. The highest BCUT2D eigenvalue weighted by Gasteiger charge is 2.43. The van der Waals surface area contributed by atoms with Gasteiger partial charge in [0.2, 0.25) is 0 Å². The van der Waals surface area contributed by atoms with Gasteiger partial charge in [-0.1, -0.05) is 18.9 Å². The van der Waals surface area contributed by atoms with Crippen molar-refractivity contribution in [3.05, 3.63) is 48.3 Å². The highest BCUT2D eigenvalue weighted by Crippen LogP contribution is 2.40. The molecule has 0 amide bonds. The maximum Gasteiger partial charge on any atom is 0.161 e. The molecule has 0 aliphatic rings. The molecule has 22 radical (unpaired) electrons. The summed E-state index contributed by atoms with van der Waals surface area (Å²) >= 11 is 0. The Labute approximate surface area is 267 Å². The fourth-order valence-electron chi connectivity index (χ4n) is 3.71. The molecule has 0 spiro atoms. The Morgan fingerprint density at radius 3 is 1.93 bits per heavy atom. The minimum absolute atomic E-state index is 0.153. The number of hydrogen-bond donors (Lipinski definition) is 1. The Balaban J connectivity index is 2.18. The first kappa shape index (κ1) is 34.9. The molecule has 0 saturated heterocycles. The Hall–Kier alpha value is -2.63. The van der Waals surface area contributed by atoms with Crippen molar-refractivity contribution < 1.29 is 18.9 Å². The second-order valence-corrected chi connectivity index (χ2v) is 10.7. The van der Waals surface area contributed by atoms with E-state index in [2.05, 4.69) is 21.2 Å². The van der Waals surface area contributed by atoms with Crippen LogP contribution >= 0.6 is 0 Å². The van der Waals surface area contributed by atoms with Crippen LogP contribution in [-0.2, 0) is 9.47 Å². The summed E-state index contributed by atoms with van der Waals surface area (Å²) in [5.41, 5.74) is 0.0840. The summed E-state index contributed by atoms with van der Waals surface area (Å²) in [6, 6.07) is 9.87. The Morgan fingerprint density at radius 2 is 1.35 bits per heavy atom. The molecule has 2 aromatic carbocycles. The van der Waals surface area contributed by atoms with Gasteiger partial charge in [0.05, 0.1) is 55.7 Å². The quantitative estimate of drug-likeness (QED) is 0.233. The number of hydrogen-bond acceptors (Lipinski definition) is 7. The molecule has 0 fully saturated rings. The molecule has 0 bridgehead atoms. The van der Waals surface area contributed by atoms with Crippen LogP contribution < -0.4 is 14.8 Å². The van der Waals surface area contributed by atoms with Crippen LogP contribution in [0.3, 0.4) is 0 Å². The molecule has 1 heterocycles. The highest BCUT2D eigenvalue weighted by molar-refractivity contribution is 6.59. The summed E-state index contributed by atoms with van der Waals surface area (Å²) in [6.45, 7) is 4.39. The summed E-state index contributed by atoms with van der Waals surface area (Å²) < 4.78 is 22.5. The van der Waals surface area contributed by atoms with Gasteiger partial charge in [0.15, 0.2) is 11.5 Å². The van der Waals surface area contributed by atoms with Crippen molar-refractivity contribution in [2.75, 3.05) is 5.32 Å². The molecule has 7 nitrogen and oxygen atoms in total. The van der Waals surface area contributed by atoms with E-state index in [0.29, 0.717) is 28.0 Å². The number of rotatable bonds is 12. The normalized spacial score (nSPS) is 13.3. The Bertz CT molecular complexity index is 1520. The molecule has 18 heteroatoms. The summed E-state index contributed by atoms with van der Waals surface area (Å²) in [6.07, 6.45) is 6.83. The topological polar surface area (TPSA) is 74.7 Å². The van der Waals surface area contributed by atoms with Gasteiger partial charge in [-0.15, -0.1) is 6.42 Å². The molecule has 1 aromatic heterocycles. The van der Waals surface area contributed by atoms with E-state index in [1.54, 1.807) is 24.3 Å². The van der Waals surface area contributed by atoms with Gasteiger partial charge in [0, 0.05) is 33.5 Å². The highest BCUT2D eigenvalue weighted by atomic mass is 16.6. The minimum Gasteiger partial charge on any atom is -0.502 e. The number of nitrogens with zero attached hydrogens (tertiary/aromatic N) is 2. The lowest BCUT2D eigenvalue weighted by Gasteiger charge is -2.49. The van der Waals surface area contributed by atoms with Gasteiger partial charge in [-0.3, -0.25) is 0 Å². The largest absolute Gasteiger partial charge is 0.502 e. The van der Waals surface area contributed by atoms with Crippen molar-refractivity contribution in [2.24, 2.45) is 0 Å². The van der Waals surface area contributed by atoms with Crippen molar-refractivity contribution in [3.8, 4) is 23.8 Å². The lowest BCUT2D eigenvalue weighted by atomic mass is 9.40. The van der Waals surface area contributed by atoms with E-state index >= 15 is 0 Å². The zero-order valence-electron chi connectivity index (χ0n) is 24.0. The third-order valence-corrected chi connectivity index (χ3v) is 5.92. The molecule has 0 aliphatic heterocycles. The first-order valence-corrected chi connectivity index (χ1v) is 12.5. The number of aromatic nitrogens is 2. The number of anilines is 2. The average Bonchev–Trinajstić information content (AvgIpc) is 2.81. The molecule has 3 aromatic rings. The fourth-order valence-corrected chi connectivity index (χ4v) is 3.71. The van der Waals surface area contributed by atoms with E-state index in [4.69, 9.17) is 112 Å². The summed E-state index contributed by atoms with van der Waals surface area (Å²) in [4.78, 5) is 8.63. The molecular weight excluding hydrogens is 525 g/mol. The van der Waals surface area contributed by atoms with Crippen molar-refractivity contribution in [2.45, 2.75) is 53.3 Å². The van der Waals surface area contributed by atoms with Gasteiger partial charge >= 0.3 is 0 Å². The maximum absolute atomic E-state index is 6.36. The number of benzene rings is 2. The summed E-state index contributed by atoms with van der Waals surface area (Å²) in [5.74, 6) is 2.51. The Kier molecular flexibility index (Phi) is 9.77. The van der Waals surface area contributed by atoms with Gasteiger partial charge in [-0.2, -0.15) is 0 Å². The lowest BCUT2D eigenvalue weighted by Crippen LogP contribution is -2.65. The zero-order chi connectivity index (χ0) is 32.6. The molecule has 43 heavy (non-hydrogen) atoms. The lowest BCUT2D eigenvalue weighted by molar-refractivity contribution is -0.103. The minimum atomic E-state index is -2.58. The van der Waals surface area contributed by atoms with Crippen LogP contribution in [0.4, 0.5) is 11.5 Å². The predicted molar refractivity (Wildman–Crippen MR) is 177 cm³/mol. The molecule has 0 atom stereocenters. The van der Waals surface area contributed by atoms with Gasteiger partial charge in [0.25, 0.3) is 0 Å². The van der Waals surface area contributed by atoms with Gasteiger partial charge < -0.3 is 24.3 Å². The molecule has 0 aliphatic carbocycles. The molecule has 3 rings (SSSR count). The van der Waals surface area contributed by atoms with Crippen LogP contribution in [0.5, 0.6) is 11.5 Å². The van der Waals surface area contributed by atoms with Crippen molar-refractivity contribution in [3.63, 3.8) is 0 Å². The molecule has 1 N–H and O–H groups in total. The predicted octanol–water partition coefficient (Wildman–Crippen LogP) is -0.976. The van der Waals surface area contributed by atoms with Crippen LogP contribution in [0.15, 0.2) is 42.7 Å².